The van der Waals surface area contributed by atoms with Crippen LogP contribution in [0, 0.1) is 0 Å². The zero-order valence-electron chi connectivity index (χ0n) is 23.6. The van der Waals surface area contributed by atoms with E-state index >= 15 is 0 Å². The Kier molecular flexibility index (Phi) is 17.2. The second-order valence-electron chi connectivity index (χ2n) is 9.71. The SMILES string of the molecule is CC(C)(C)OC(=O)NCCCCC(CN=Cc1cc(OP(=O)(O)O)ccc1O)N=Cc1cc(OC(=O)Cl)ccc1O.[Cu].[Fm].[Fm]. The molecule has 44 heavy (non-hydrogen) atoms. The zero-order valence-corrected chi connectivity index (χ0v) is 31.0. The molecule has 0 aliphatic carbocycles. The number of unbranched alkanes of at least 4 members (excludes halogenated alkanes) is 1. The van der Waals surface area contributed by atoms with Gasteiger partial charge in [-0.15, -0.1) is 0 Å². The molecule has 1 unspecified atom stereocenters. The van der Waals surface area contributed by atoms with Gasteiger partial charge in [-0.3, -0.25) is 19.8 Å². The summed E-state index contributed by atoms with van der Waals surface area (Å²) in [4.78, 5) is 49.7. The smallest absolute Gasteiger partial charge is 0.507 e. The Hall–Kier alpha value is -5.12. The number of hydrogen-bond donors (Lipinski definition) is 5. The van der Waals surface area contributed by atoms with Gasteiger partial charge in [-0.25, -0.2) is 14.2 Å². The largest absolute Gasteiger partial charge is 0.524 e. The number of ether oxygens (including phenoxy) is 2. The third-order valence-corrected chi connectivity index (χ3v) is 5.55. The van der Waals surface area contributed by atoms with Crippen molar-refractivity contribution < 1.29 is 65.2 Å². The molecule has 0 saturated carbocycles. The van der Waals surface area contributed by atoms with Gasteiger partial charge in [0.15, 0.2) is 0 Å². The number of carbonyl (C=O) groups excluding carboxylic acids is 2. The van der Waals surface area contributed by atoms with Gasteiger partial charge >= 0.3 is 19.3 Å². The number of rotatable bonds is 13. The fourth-order valence-electron chi connectivity index (χ4n) is 3.30. The van der Waals surface area contributed by atoms with E-state index in [4.69, 9.17) is 30.9 Å². The fourth-order valence-corrected chi connectivity index (χ4v) is 3.78. The molecule has 0 bridgehead atoms. The first-order valence-electron chi connectivity index (χ1n) is 12.4. The molecule has 0 heterocycles. The first kappa shape index (κ1) is 41.0. The standard InChI is InChI=1S/C26H33ClN3O10P.Cu.2Fm/c1-26(2,3)39-25(34)29-11-5-4-6-19(30-15-18-12-20(38-24(27)33)7-9-23(18)32)16-28-14-17-13-21(8-10-22(17)31)40-41(35,36)37;;;/h7-10,12-15,19,31-32H,4-6,11,16H2,1-3H3,(H,29,34)(H2,35,36,37);;;. The van der Waals surface area contributed by atoms with Gasteiger partial charge in [-0.05, 0) is 76.4 Å². The Morgan fingerprint density at radius 1 is 1.00 bits per heavy atom. The first-order valence-corrected chi connectivity index (χ1v) is 14.3. The number of amides is 1. The molecule has 18 heteroatoms. The van der Waals surface area contributed by atoms with Crippen molar-refractivity contribution in [2.24, 2.45) is 9.98 Å². The van der Waals surface area contributed by atoms with Crippen LogP contribution in [-0.4, -0.2) is 68.7 Å². The van der Waals surface area contributed by atoms with Gasteiger partial charge < -0.3 is 29.5 Å². The van der Waals surface area contributed by atoms with E-state index in [2.05, 4.69) is 19.8 Å². The quantitative estimate of drug-likeness (QED) is 0.0605. The second kappa shape index (κ2) is 18.4. The molecule has 1 atom stereocenters. The van der Waals surface area contributed by atoms with Crippen LogP contribution < -0.4 is 14.6 Å². The minimum atomic E-state index is -4.79. The van der Waals surface area contributed by atoms with Gasteiger partial charge in [0.25, 0.3) is 0 Å². The molecule has 2 aromatic carbocycles. The third-order valence-electron chi connectivity index (χ3n) is 5.02. The summed E-state index contributed by atoms with van der Waals surface area (Å²) >= 11 is 5.25. The number of phosphoric acid groups is 1. The number of phosphoric ester groups is 1. The Labute approximate surface area is 258 Å². The number of carbonyl (C=O) groups is 2. The van der Waals surface area contributed by atoms with Crippen LogP contribution in [0.5, 0.6) is 23.0 Å². The van der Waals surface area contributed by atoms with Crippen LogP contribution >= 0.6 is 19.4 Å². The predicted molar refractivity (Wildman–Crippen MR) is 153 cm³/mol. The summed E-state index contributed by atoms with van der Waals surface area (Å²) in [5.41, 5.74) is -1.22. The molecule has 0 aliphatic rings. The normalized spacial score (nSPS) is 12.0. The van der Waals surface area contributed by atoms with Crippen molar-refractivity contribution in [1.29, 1.82) is 0 Å². The van der Waals surface area contributed by atoms with Gasteiger partial charge in [0.1, 0.15) is 28.6 Å². The van der Waals surface area contributed by atoms with Crippen LogP contribution in [0.1, 0.15) is 51.2 Å². The van der Waals surface area contributed by atoms with Crippen LogP contribution in [0.15, 0.2) is 46.4 Å². The van der Waals surface area contributed by atoms with Gasteiger partial charge in [0, 0.05) is 58.8 Å². The molecule has 0 spiro atoms. The van der Waals surface area contributed by atoms with Crippen molar-refractivity contribution in [1.82, 2.24) is 5.32 Å². The van der Waals surface area contributed by atoms with Crippen molar-refractivity contribution in [3.63, 3.8) is 0 Å². The van der Waals surface area contributed by atoms with E-state index < -0.39 is 31.0 Å². The maximum absolute atomic E-state index is 11.8. The van der Waals surface area contributed by atoms with Crippen molar-refractivity contribution in [3.05, 3.63) is 47.5 Å². The van der Waals surface area contributed by atoms with Gasteiger partial charge in [0.05, 0.1) is 12.6 Å². The molecule has 0 saturated heterocycles. The van der Waals surface area contributed by atoms with Gasteiger partial charge in [-0.2, -0.15) is 0 Å². The second-order valence-corrected chi connectivity index (χ2v) is 11.2. The zero-order chi connectivity index (χ0) is 30.6. The number of benzene rings is 2. The van der Waals surface area contributed by atoms with Crippen molar-refractivity contribution >= 4 is 43.4 Å². The molecule has 13 nitrogen and oxygen atoms in total. The summed E-state index contributed by atoms with van der Waals surface area (Å²) in [7, 11) is -4.79. The molecule has 2 aromatic rings. The van der Waals surface area contributed by atoms with E-state index in [1.807, 2.05) is 0 Å². The fraction of sp³-hybridized carbons (Fsp3) is 0.385. The van der Waals surface area contributed by atoms with Crippen molar-refractivity contribution in [3.8, 4) is 23.0 Å². The number of alkyl carbamates (subject to hydrolysis) is 1. The third kappa shape index (κ3) is 16.4. The van der Waals surface area contributed by atoms with Crippen molar-refractivity contribution in [2.75, 3.05) is 13.1 Å². The molecule has 0 aliphatic heterocycles. The molecule has 1 radical (unpaired) electrons. The van der Waals surface area contributed by atoms with Crippen LogP contribution in [0.2, 0.25) is 0 Å². The predicted octanol–water partition coefficient (Wildman–Crippen LogP) is 4.91. The molecule has 0 fully saturated rings. The van der Waals surface area contributed by atoms with Crippen LogP contribution in [-0.2, 0) is 26.4 Å². The average molecular weight is 1190 g/mol. The van der Waals surface area contributed by atoms with Crippen LogP contribution in [0.25, 0.3) is 0 Å². The Balaban J connectivity index is 0. The summed E-state index contributed by atoms with van der Waals surface area (Å²) in [6, 6.07) is 7.29. The summed E-state index contributed by atoms with van der Waals surface area (Å²) in [5, 5.41) is 23.0. The number of nitrogens with zero attached hydrogens (tertiary/aromatic N) is 2. The summed E-state index contributed by atoms with van der Waals surface area (Å²) < 4.78 is 25.7. The number of aromatic hydroxyl groups is 2. The average Bonchev–Trinajstić information content (AvgIpc) is 2.83. The topological polar surface area (TPSA) is 197 Å². The van der Waals surface area contributed by atoms with Crippen LogP contribution in [0.3, 0.4) is 0 Å². The van der Waals surface area contributed by atoms with E-state index in [9.17, 15) is 24.4 Å². The maximum atomic E-state index is 11.8. The molecule has 2 rings (SSSR count). The molecular formula is C26H33ClCuFm2N3O10P. The van der Waals surface area contributed by atoms with E-state index in [1.165, 1.54) is 48.8 Å². The Bertz CT molecular complexity index is 1330. The monoisotopic (exact) mass is 1190 g/mol. The van der Waals surface area contributed by atoms with E-state index in [0.29, 0.717) is 25.8 Å². The van der Waals surface area contributed by atoms with E-state index in [0.717, 1.165) is 0 Å². The number of hydrogen-bond acceptors (Lipinski definition) is 10. The maximum Gasteiger partial charge on any atom is 0.524 e. The van der Waals surface area contributed by atoms with E-state index in [-0.39, 0.29) is 57.7 Å². The molecule has 0 aromatic heterocycles. The first-order chi connectivity index (χ1) is 19.1. The summed E-state index contributed by atoms with van der Waals surface area (Å²) in [6.07, 6.45) is 3.96. The number of phenols is 2. The number of phenolic OH excluding ortho intramolecular Hbond substituents is 2. The number of aliphatic imine (C=N–C) groups is 2. The number of nitrogens with one attached hydrogen (secondary N) is 1. The van der Waals surface area contributed by atoms with Gasteiger partial charge in [0.2, 0.25) is 0 Å². The Morgan fingerprint density at radius 3 is 2.14 bits per heavy atom. The molecule has 5 N–H and O–H groups in total. The van der Waals surface area contributed by atoms with Crippen molar-refractivity contribution in [2.45, 2.75) is 51.7 Å². The summed E-state index contributed by atoms with van der Waals surface area (Å²) in [6.45, 7) is 5.81. The van der Waals surface area contributed by atoms with Crippen LogP contribution in [0.4, 0.5) is 9.59 Å². The number of halogens is 1. The Morgan fingerprint density at radius 2 is 1.57 bits per heavy atom. The van der Waals surface area contributed by atoms with E-state index in [1.54, 1.807) is 20.8 Å². The minimum absolute atomic E-state index is 0. The molecule has 1 amide bonds. The minimum Gasteiger partial charge on any atom is -0.507 e. The summed E-state index contributed by atoms with van der Waals surface area (Å²) in [5.74, 6) is -0.341. The molecular weight excluding hydrogens is 1160 g/mol. The van der Waals surface area contributed by atoms with Gasteiger partial charge in [-0.1, -0.05) is 0 Å². The molecule has 259 valence electrons.